The molecular weight excluding hydrogens is 354 g/mol. The number of hydrogen-bond acceptors (Lipinski definition) is 6. The normalized spacial score (nSPS) is 11.7. The van der Waals surface area contributed by atoms with Gasteiger partial charge in [-0.25, -0.2) is 9.78 Å². The van der Waals surface area contributed by atoms with E-state index in [9.17, 15) is 9.59 Å². The number of aromatic nitrogens is 1. The van der Waals surface area contributed by atoms with Gasteiger partial charge in [0.05, 0.1) is 17.3 Å². The van der Waals surface area contributed by atoms with Crippen LogP contribution in [-0.2, 0) is 16.1 Å². The molecule has 0 aliphatic rings. The summed E-state index contributed by atoms with van der Waals surface area (Å²) < 4.78 is 10.6. The van der Waals surface area contributed by atoms with Crippen molar-refractivity contribution in [3.05, 3.63) is 65.4 Å². The molecule has 1 atom stereocenters. The number of benzene rings is 1. The molecular formula is C18H17N3O4S. The third-order valence-electron chi connectivity index (χ3n) is 3.55. The van der Waals surface area contributed by atoms with Gasteiger partial charge >= 0.3 is 12.0 Å². The smallest absolute Gasteiger partial charge is 0.312 e. The highest BCUT2D eigenvalue weighted by atomic mass is 32.1. The number of rotatable bonds is 7. The van der Waals surface area contributed by atoms with Crippen molar-refractivity contribution >= 4 is 23.3 Å². The molecule has 0 saturated carbocycles. The van der Waals surface area contributed by atoms with Crippen LogP contribution in [0.3, 0.4) is 0 Å². The Bertz CT molecular complexity index is 862. The lowest BCUT2D eigenvalue weighted by atomic mass is 10.0. The molecule has 7 nitrogen and oxygen atoms in total. The monoisotopic (exact) mass is 371 g/mol. The van der Waals surface area contributed by atoms with Crippen LogP contribution < -0.4 is 11.1 Å². The van der Waals surface area contributed by atoms with E-state index in [1.165, 1.54) is 17.6 Å². The highest BCUT2D eigenvalue weighted by molar-refractivity contribution is 7.13. The molecule has 3 aromatic rings. The third kappa shape index (κ3) is 4.70. The molecule has 2 amide bonds. The fourth-order valence-electron chi connectivity index (χ4n) is 2.38. The van der Waals surface area contributed by atoms with Crippen LogP contribution in [0.15, 0.2) is 58.5 Å². The first-order valence-electron chi connectivity index (χ1n) is 7.86. The Morgan fingerprint density at radius 1 is 1.23 bits per heavy atom. The van der Waals surface area contributed by atoms with E-state index in [1.807, 2.05) is 35.7 Å². The Morgan fingerprint density at radius 2 is 2.04 bits per heavy atom. The molecule has 2 aromatic heterocycles. The van der Waals surface area contributed by atoms with Crippen LogP contribution in [0.5, 0.6) is 0 Å². The second-order valence-electron chi connectivity index (χ2n) is 5.46. The SMILES string of the molecule is NC(=O)NC(CC(=O)OCc1coc(-c2cccs2)n1)c1ccccc1. The average molecular weight is 371 g/mol. The van der Waals surface area contributed by atoms with Crippen LogP contribution in [0.2, 0.25) is 0 Å². The summed E-state index contributed by atoms with van der Waals surface area (Å²) in [6, 6.07) is 11.6. The first-order valence-corrected chi connectivity index (χ1v) is 8.74. The van der Waals surface area contributed by atoms with Gasteiger partial charge in [-0.15, -0.1) is 11.3 Å². The lowest BCUT2D eigenvalue weighted by Crippen LogP contribution is -2.34. The Kier molecular flexibility index (Phi) is 5.65. The molecule has 26 heavy (non-hydrogen) atoms. The van der Waals surface area contributed by atoms with Crippen molar-refractivity contribution < 1.29 is 18.7 Å². The summed E-state index contributed by atoms with van der Waals surface area (Å²) in [5, 5.41) is 4.48. The molecule has 3 N–H and O–H groups in total. The van der Waals surface area contributed by atoms with E-state index in [2.05, 4.69) is 10.3 Å². The summed E-state index contributed by atoms with van der Waals surface area (Å²) in [6.07, 6.45) is 1.42. The number of oxazole rings is 1. The number of nitrogens with one attached hydrogen (secondary N) is 1. The highest BCUT2D eigenvalue weighted by Crippen LogP contribution is 2.24. The number of urea groups is 1. The van der Waals surface area contributed by atoms with E-state index in [0.717, 1.165) is 10.4 Å². The van der Waals surface area contributed by atoms with Gasteiger partial charge < -0.3 is 20.2 Å². The maximum atomic E-state index is 12.1. The summed E-state index contributed by atoms with van der Waals surface area (Å²) in [6.45, 7) is -0.00815. The summed E-state index contributed by atoms with van der Waals surface area (Å²) in [5.41, 5.74) is 6.48. The molecule has 0 radical (unpaired) electrons. The predicted molar refractivity (Wildman–Crippen MR) is 96.1 cm³/mol. The van der Waals surface area contributed by atoms with Gasteiger partial charge in [0.2, 0.25) is 5.89 Å². The first kappa shape index (κ1) is 17.7. The molecule has 0 spiro atoms. The Labute approximate surface area is 153 Å². The lowest BCUT2D eigenvalue weighted by Gasteiger charge is -2.17. The van der Waals surface area contributed by atoms with E-state index < -0.39 is 18.0 Å². The molecule has 1 unspecified atom stereocenters. The minimum Gasteiger partial charge on any atom is -0.459 e. The van der Waals surface area contributed by atoms with E-state index in [1.54, 1.807) is 12.1 Å². The second-order valence-corrected chi connectivity index (χ2v) is 6.41. The van der Waals surface area contributed by atoms with Crippen molar-refractivity contribution in [2.75, 3.05) is 0 Å². The number of hydrogen-bond donors (Lipinski definition) is 2. The molecule has 3 rings (SSSR count). The Hall–Kier alpha value is -3.13. The fraction of sp³-hybridized carbons (Fsp3) is 0.167. The minimum absolute atomic E-state index is 0.00815. The zero-order valence-corrected chi connectivity index (χ0v) is 14.6. The highest BCUT2D eigenvalue weighted by Gasteiger charge is 2.19. The molecule has 2 heterocycles. The first-order chi connectivity index (χ1) is 12.6. The Morgan fingerprint density at radius 3 is 2.73 bits per heavy atom. The zero-order valence-electron chi connectivity index (χ0n) is 13.8. The van der Waals surface area contributed by atoms with Gasteiger partial charge in [0.15, 0.2) is 0 Å². The topological polar surface area (TPSA) is 107 Å². The third-order valence-corrected chi connectivity index (χ3v) is 4.41. The van der Waals surface area contributed by atoms with Crippen LogP contribution in [0.25, 0.3) is 10.8 Å². The largest absolute Gasteiger partial charge is 0.459 e. The molecule has 0 bridgehead atoms. The van der Waals surface area contributed by atoms with Crippen molar-refractivity contribution in [2.45, 2.75) is 19.1 Å². The van der Waals surface area contributed by atoms with Crippen molar-refractivity contribution in [3.63, 3.8) is 0 Å². The van der Waals surface area contributed by atoms with Crippen molar-refractivity contribution in [1.82, 2.24) is 10.3 Å². The van der Waals surface area contributed by atoms with Crippen LogP contribution in [0, 0.1) is 0 Å². The average Bonchev–Trinajstić information content (AvgIpc) is 3.31. The maximum absolute atomic E-state index is 12.1. The van der Waals surface area contributed by atoms with Gasteiger partial charge in [0.1, 0.15) is 18.6 Å². The Balaban J connectivity index is 1.57. The number of carbonyl (C=O) groups is 2. The number of primary amides is 1. The van der Waals surface area contributed by atoms with Crippen molar-refractivity contribution in [1.29, 1.82) is 0 Å². The van der Waals surface area contributed by atoms with Crippen LogP contribution in [0.4, 0.5) is 4.79 Å². The lowest BCUT2D eigenvalue weighted by molar-refractivity contribution is -0.145. The fourth-order valence-corrected chi connectivity index (χ4v) is 3.03. The van der Waals surface area contributed by atoms with E-state index in [-0.39, 0.29) is 13.0 Å². The number of thiophene rings is 1. The van der Waals surface area contributed by atoms with Crippen LogP contribution in [-0.4, -0.2) is 17.0 Å². The zero-order chi connectivity index (χ0) is 18.4. The molecule has 134 valence electrons. The van der Waals surface area contributed by atoms with Crippen LogP contribution >= 0.6 is 11.3 Å². The molecule has 0 aliphatic heterocycles. The standard InChI is InChI=1S/C18H17N3O4S/c19-18(23)21-14(12-5-2-1-3-6-12)9-16(22)24-10-13-11-25-17(20-13)15-7-4-8-26-15/h1-8,11,14H,9-10H2,(H3,19,21,23). The van der Waals surface area contributed by atoms with E-state index in [0.29, 0.717) is 11.6 Å². The van der Waals surface area contributed by atoms with Gasteiger partial charge in [-0.3, -0.25) is 4.79 Å². The molecule has 8 heteroatoms. The van der Waals surface area contributed by atoms with Gasteiger partial charge in [0.25, 0.3) is 0 Å². The molecule has 0 aliphatic carbocycles. The molecule has 0 fully saturated rings. The number of amides is 2. The molecule has 1 aromatic carbocycles. The summed E-state index contributed by atoms with van der Waals surface area (Å²) in [4.78, 5) is 28.5. The maximum Gasteiger partial charge on any atom is 0.312 e. The summed E-state index contributed by atoms with van der Waals surface area (Å²) in [7, 11) is 0. The number of nitrogens with zero attached hydrogens (tertiary/aromatic N) is 1. The number of nitrogens with two attached hydrogens (primary N) is 1. The van der Waals surface area contributed by atoms with Crippen molar-refractivity contribution in [2.24, 2.45) is 5.73 Å². The summed E-state index contributed by atoms with van der Waals surface area (Å²) in [5.74, 6) is 0.0110. The number of carbonyl (C=O) groups excluding carboxylic acids is 2. The van der Waals surface area contributed by atoms with Crippen LogP contribution in [0.1, 0.15) is 23.7 Å². The molecule has 0 saturated heterocycles. The number of esters is 1. The van der Waals surface area contributed by atoms with Gasteiger partial charge in [-0.1, -0.05) is 36.4 Å². The minimum atomic E-state index is -0.705. The van der Waals surface area contributed by atoms with E-state index in [4.69, 9.17) is 14.9 Å². The predicted octanol–water partition coefficient (Wildman–Crippen LogP) is 3.25. The number of ether oxygens (including phenoxy) is 1. The van der Waals surface area contributed by atoms with E-state index >= 15 is 0 Å². The van der Waals surface area contributed by atoms with Gasteiger partial charge in [-0.2, -0.15) is 0 Å². The second kappa shape index (κ2) is 8.30. The quantitative estimate of drug-likeness (QED) is 0.620. The summed E-state index contributed by atoms with van der Waals surface area (Å²) >= 11 is 1.51. The van der Waals surface area contributed by atoms with Crippen molar-refractivity contribution in [3.8, 4) is 10.8 Å². The van der Waals surface area contributed by atoms with Gasteiger partial charge in [0, 0.05) is 0 Å². The van der Waals surface area contributed by atoms with Gasteiger partial charge in [-0.05, 0) is 17.0 Å².